The molecule has 0 bridgehead atoms. The van der Waals surface area contributed by atoms with Crippen molar-refractivity contribution in [3.8, 4) is 5.75 Å². The van der Waals surface area contributed by atoms with E-state index in [1.54, 1.807) is 68.4 Å². The molecule has 5 N–H and O–H groups in total. The lowest BCUT2D eigenvalue weighted by Gasteiger charge is -2.13. The number of nitrogens with one attached hydrogen (secondary N) is 2. The van der Waals surface area contributed by atoms with Crippen LogP contribution in [0.3, 0.4) is 0 Å². The number of hydrogen-bond donors (Lipinski definition) is 5. The van der Waals surface area contributed by atoms with Crippen LogP contribution in [0.15, 0.2) is 144 Å². The lowest BCUT2D eigenvalue weighted by atomic mass is 10.0. The van der Waals surface area contributed by atoms with Crippen molar-refractivity contribution in [2.45, 2.75) is 23.6 Å². The zero-order valence-corrected chi connectivity index (χ0v) is 32.6. The zero-order valence-electron chi connectivity index (χ0n) is 31.0. The lowest BCUT2D eigenvalue weighted by Crippen LogP contribution is -2.16. The molecule has 0 spiro atoms. The molecule has 20 heteroatoms. The molecule has 300 valence electrons. The molecule has 0 radical (unpaired) electrons. The predicted octanol–water partition coefficient (Wildman–Crippen LogP) is 7.96. The van der Waals surface area contributed by atoms with Crippen LogP contribution in [0.5, 0.6) is 5.75 Å². The Kier molecular flexibility index (Phi) is 11.7. The van der Waals surface area contributed by atoms with Crippen molar-refractivity contribution in [2.24, 2.45) is 25.6 Å². The van der Waals surface area contributed by atoms with Crippen LogP contribution >= 0.6 is 0 Å². The van der Waals surface area contributed by atoms with Crippen LogP contribution in [0.25, 0.3) is 10.8 Å². The highest BCUT2D eigenvalue weighted by atomic mass is 32.2. The Morgan fingerprint density at radius 2 is 1.39 bits per heavy atom. The van der Waals surface area contributed by atoms with Crippen LogP contribution < -0.4 is 15.5 Å². The van der Waals surface area contributed by atoms with E-state index in [4.69, 9.17) is 9.84 Å². The monoisotopic (exact) mass is 837 g/mol. The van der Waals surface area contributed by atoms with Gasteiger partial charge in [0.2, 0.25) is 0 Å². The molecule has 5 aromatic rings. The van der Waals surface area contributed by atoms with Gasteiger partial charge in [-0.15, -0.1) is 0 Å². The van der Waals surface area contributed by atoms with E-state index in [1.165, 1.54) is 31.4 Å². The van der Waals surface area contributed by atoms with Crippen LogP contribution in [0.4, 0.5) is 34.1 Å². The number of anilines is 2. The van der Waals surface area contributed by atoms with E-state index in [1.807, 2.05) is 0 Å². The number of nitrogens with zero attached hydrogens (tertiary/aromatic N) is 5. The number of hydrogen-bond acceptors (Lipinski definition) is 14. The predicted molar refractivity (Wildman–Crippen MR) is 216 cm³/mol. The third-order valence-corrected chi connectivity index (χ3v) is 10.4. The number of aryl methyl sites for hydroxylation is 2. The van der Waals surface area contributed by atoms with E-state index in [9.17, 15) is 40.3 Å². The number of methoxy groups -OCH3 is 1. The Hall–Kier alpha value is -7.26. The number of benzene rings is 5. The fourth-order valence-corrected chi connectivity index (χ4v) is 7.09. The largest absolute Gasteiger partial charge is 0.494 e. The molecule has 0 fully saturated rings. The number of ketones is 1. The number of allylic oxidation sites excluding steroid dienone is 3. The number of ether oxygens (including phenoxy) is 1. The summed E-state index contributed by atoms with van der Waals surface area (Å²) in [5.41, 5.74) is 6.12. The van der Waals surface area contributed by atoms with Crippen molar-refractivity contribution in [2.75, 3.05) is 17.9 Å². The van der Waals surface area contributed by atoms with Gasteiger partial charge in [-0.3, -0.25) is 24.1 Å². The van der Waals surface area contributed by atoms with Crippen LogP contribution in [0.1, 0.15) is 21.5 Å². The Balaban J connectivity index is 1.15. The van der Waals surface area contributed by atoms with Gasteiger partial charge in [-0.2, -0.15) is 42.4 Å². The third-order valence-electron chi connectivity index (χ3n) is 8.61. The summed E-state index contributed by atoms with van der Waals surface area (Å²) >= 11 is 0. The molecule has 6 rings (SSSR count). The second kappa shape index (κ2) is 16.7. The molecule has 5 aromatic carbocycles. The maximum Gasteiger partial charge on any atom is 0.339 e. The number of aliphatic carboxylic acids is 1. The van der Waals surface area contributed by atoms with Crippen molar-refractivity contribution < 1.29 is 50.2 Å². The molecule has 18 nitrogen and oxygen atoms in total. The SMILES string of the molecule is COc1cc(N=Nc2ccc(N=Nc3cc(S(=O)(=O)O)c4cccc(S(=O)(=O)O)c4c3)c(C)c2)c(C)cc1NC(=O)c1ccc(N/N=C2\C=CC(=O)C(C(=O)O)=C2)cc1. The molecule has 0 saturated carbocycles. The topological polar surface area (TPSA) is 275 Å². The van der Waals surface area contributed by atoms with Gasteiger partial charge in [0.25, 0.3) is 26.1 Å². The highest BCUT2D eigenvalue weighted by molar-refractivity contribution is 7.86. The second-order valence-electron chi connectivity index (χ2n) is 12.7. The van der Waals surface area contributed by atoms with Crippen LogP contribution in [-0.2, 0) is 29.8 Å². The van der Waals surface area contributed by atoms with E-state index in [-0.39, 0.29) is 22.2 Å². The van der Waals surface area contributed by atoms with E-state index in [0.717, 1.165) is 24.3 Å². The minimum absolute atomic E-state index is 0.114. The van der Waals surface area contributed by atoms with Gasteiger partial charge in [0.1, 0.15) is 21.1 Å². The van der Waals surface area contributed by atoms with Gasteiger partial charge in [0.05, 0.1) is 46.9 Å². The Bertz CT molecular complexity index is 2960. The standard InChI is InChI=1S/C39H31N7O11S2/c1-21-15-25(11-13-31(21)45-44-27-18-29-28(37(19-27)59(54,55)56)5-4-6-36(29)58(51,52)53)43-46-32-20-35(57-3)33(16-22(32)2)40-38(48)23-7-9-24(10-8-23)41-42-26-12-14-34(47)30(17-26)39(49)50/h4-20,41H,1-3H3,(H,40,48)(H,49,50)(H,51,52,53)(H,54,55,56)/b42-26+,45-44?,46-43?. The first-order valence-corrected chi connectivity index (χ1v) is 19.9. The van der Waals surface area contributed by atoms with Gasteiger partial charge in [-0.05, 0) is 110 Å². The van der Waals surface area contributed by atoms with Gasteiger partial charge in [0.15, 0.2) is 5.78 Å². The van der Waals surface area contributed by atoms with Crippen LogP contribution in [0, 0.1) is 13.8 Å². The summed E-state index contributed by atoms with van der Waals surface area (Å²) in [4.78, 5) is 34.9. The molecule has 0 saturated heterocycles. The number of carboxylic acids is 1. The van der Waals surface area contributed by atoms with Crippen molar-refractivity contribution in [3.05, 3.63) is 125 Å². The molecule has 59 heavy (non-hydrogen) atoms. The van der Waals surface area contributed by atoms with E-state index >= 15 is 0 Å². The fourth-order valence-electron chi connectivity index (χ4n) is 5.67. The highest BCUT2D eigenvalue weighted by Crippen LogP contribution is 2.36. The smallest absolute Gasteiger partial charge is 0.339 e. The van der Waals surface area contributed by atoms with Crippen molar-refractivity contribution >= 4 is 88.5 Å². The first-order valence-electron chi connectivity index (χ1n) is 17.0. The fraction of sp³-hybridized carbons (Fsp3) is 0.0769. The molecule has 1 aliphatic rings. The summed E-state index contributed by atoms with van der Waals surface area (Å²) in [7, 11) is -8.16. The summed E-state index contributed by atoms with van der Waals surface area (Å²) in [6.07, 6.45) is 3.64. The molecule has 0 unspecified atom stereocenters. The Morgan fingerprint density at radius 3 is 2.05 bits per heavy atom. The minimum atomic E-state index is -4.83. The third kappa shape index (κ3) is 9.65. The molecule has 0 heterocycles. The number of hydrazone groups is 1. The van der Waals surface area contributed by atoms with E-state index in [0.29, 0.717) is 50.9 Å². The number of carbonyl (C=O) groups excluding carboxylic acids is 2. The quantitative estimate of drug-likeness (QED) is 0.0263. The van der Waals surface area contributed by atoms with Gasteiger partial charge in [-0.1, -0.05) is 12.1 Å². The molecule has 0 aromatic heterocycles. The van der Waals surface area contributed by atoms with Gasteiger partial charge < -0.3 is 15.2 Å². The molecule has 0 atom stereocenters. The zero-order chi connectivity index (χ0) is 42.6. The van der Waals surface area contributed by atoms with Crippen LogP contribution in [0.2, 0.25) is 0 Å². The summed E-state index contributed by atoms with van der Waals surface area (Å²) in [6.45, 7) is 3.48. The summed E-state index contributed by atoms with van der Waals surface area (Å²) < 4.78 is 73.3. The van der Waals surface area contributed by atoms with Crippen molar-refractivity contribution in [3.63, 3.8) is 0 Å². The van der Waals surface area contributed by atoms with Gasteiger partial charge in [0, 0.05) is 22.4 Å². The average Bonchev–Trinajstić information content (AvgIpc) is 3.18. The molecule has 1 aliphatic carbocycles. The summed E-state index contributed by atoms with van der Waals surface area (Å²) in [5, 5.41) is 32.6. The Morgan fingerprint density at radius 1 is 0.712 bits per heavy atom. The van der Waals surface area contributed by atoms with Gasteiger partial charge in [-0.25, -0.2) is 4.79 Å². The number of azo groups is 2. The number of rotatable bonds is 12. The maximum atomic E-state index is 13.1. The minimum Gasteiger partial charge on any atom is -0.494 e. The average molecular weight is 838 g/mol. The summed E-state index contributed by atoms with van der Waals surface area (Å²) in [5.74, 6) is -2.12. The number of fused-ring (bicyclic) bond motifs is 1. The molecular weight excluding hydrogens is 807 g/mol. The number of carbonyl (C=O) groups is 3. The summed E-state index contributed by atoms with van der Waals surface area (Å²) in [6, 6.07) is 20.2. The first-order chi connectivity index (χ1) is 27.9. The first kappa shape index (κ1) is 41.4. The highest BCUT2D eigenvalue weighted by Gasteiger charge is 2.22. The van der Waals surface area contributed by atoms with Crippen LogP contribution in [-0.4, -0.2) is 61.5 Å². The van der Waals surface area contributed by atoms with E-state index < -0.39 is 53.3 Å². The van der Waals surface area contributed by atoms with E-state index in [2.05, 4.69) is 36.3 Å². The number of amides is 1. The lowest BCUT2D eigenvalue weighted by molar-refractivity contribution is -0.134. The Labute approximate surface area is 335 Å². The second-order valence-corrected chi connectivity index (χ2v) is 15.5. The number of carboxylic acid groups (broad SMARTS) is 1. The van der Waals surface area contributed by atoms with Crippen molar-refractivity contribution in [1.82, 2.24) is 0 Å². The molecular formula is C39H31N7O11S2. The van der Waals surface area contributed by atoms with Crippen molar-refractivity contribution in [1.29, 1.82) is 0 Å². The normalized spacial score (nSPS) is 13.9. The van der Waals surface area contributed by atoms with Gasteiger partial charge >= 0.3 is 5.97 Å². The molecule has 0 aliphatic heterocycles. The molecule has 1 amide bonds. The maximum absolute atomic E-state index is 13.1.